The van der Waals surface area contributed by atoms with Crippen molar-refractivity contribution in [3.8, 4) is 22.9 Å². The van der Waals surface area contributed by atoms with Crippen molar-refractivity contribution in [1.29, 1.82) is 0 Å². The summed E-state index contributed by atoms with van der Waals surface area (Å²) in [6.45, 7) is 2.64. The monoisotopic (exact) mass is 427 g/mol. The first-order chi connectivity index (χ1) is 14.5. The molecule has 3 aromatic rings. The Morgan fingerprint density at radius 1 is 1.13 bits per heavy atom. The fourth-order valence-corrected chi connectivity index (χ4v) is 3.54. The maximum absolute atomic E-state index is 12.2. The molecule has 30 heavy (non-hydrogen) atoms. The Bertz CT molecular complexity index is 971. The Kier molecular flexibility index (Phi) is 7.18. The van der Waals surface area contributed by atoms with Gasteiger partial charge in [0.15, 0.2) is 5.82 Å². The summed E-state index contributed by atoms with van der Waals surface area (Å²) < 4.78 is 11.9. The van der Waals surface area contributed by atoms with Crippen LogP contribution in [0.5, 0.6) is 11.5 Å². The molecule has 3 N–H and O–H groups in total. The SMILES string of the molecule is COc1cc(OC)cc(-c2nnc(SCC(=O)NC[C@H](C)c3ccccc3)n2N)c1. The van der Waals surface area contributed by atoms with E-state index in [0.717, 1.165) is 0 Å². The number of carbonyl (C=O) groups is 1. The summed E-state index contributed by atoms with van der Waals surface area (Å²) >= 11 is 1.23. The molecule has 8 nitrogen and oxygen atoms in total. The molecular formula is C21H25N5O3S. The molecule has 1 aromatic heterocycles. The number of aromatic nitrogens is 3. The van der Waals surface area contributed by atoms with E-state index in [1.54, 1.807) is 32.4 Å². The summed E-state index contributed by atoms with van der Waals surface area (Å²) in [6, 6.07) is 15.4. The molecular weight excluding hydrogens is 402 g/mol. The zero-order valence-electron chi connectivity index (χ0n) is 17.2. The molecule has 0 spiro atoms. The Morgan fingerprint density at radius 3 is 2.43 bits per heavy atom. The van der Waals surface area contributed by atoms with E-state index in [1.165, 1.54) is 22.0 Å². The van der Waals surface area contributed by atoms with Gasteiger partial charge in [0.1, 0.15) is 11.5 Å². The minimum atomic E-state index is -0.0876. The van der Waals surface area contributed by atoms with Crippen LogP contribution in [-0.4, -0.2) is 47.3 Å². The van der Waals surface area contributed by atoms with Crippen LogP contribution >= 0.6 is 11.8 Å². The quantitative estimate of drug-likeness (QED) is 0.400. The smallest absolute Gasteiger partial charge is 0.230 e. The normalized spacial score (nSPS) is 11.7. The molecule has 2 aromatic carbocycles. The van der Waals surface area contributed by atoms with Crippen LogP contribution in [0, 0.1) is 0 Å². The van der Waals surface area contributed by atoms with Gasteiger partial charge in [-0.25, -0.2) is 4.68 Å². The summed E-state index contributed by atoms with van der Waals surface area (Å²) in [5.74, 6) is 8.18. The van der Waals surface area contributed by atoms with E-state index in [2.05, 4.69) is 34.6 Å². The largest absolute Gasteiger partial charge is 0.497 e. The molecule has 3 rings (SSSR count). The number of ether oxygens (including phenoxy) is 2. The molecule has 158 valence electrons. The Morgan fingerprint density at radius 2 is 1.80 bits per heavy atom. The van der Waals surface area contributed by atoms with Crippen LogP contribution in [0.4, 0.5) is 0 Å². The van der Waals surface area contributed by atoms with E-state index >= 15 is 0 Å². The zero-order valence-corrected chi connectivity index (χ0v) is 18.0. The lowest BCUT2D eigenvalue weighted by atomic mass is 10.0. The van der Waals surface area contributed by atoms with Crippen molar-refractivity contribution in [1.82, 2.24) is 20.2 Å². The second-order valence-electron chi connectivity index (χ2n) is 6.68. The number of rotatable bonds is 9. The van der Waals surface area contributed by atoms with Crippen LogP contribution in [0.2, 0.25) is 0 Å². The third-order valence-electron chi connectivity index (χ3n) is 4.58. The van der Waals surface area contributed by atoms with Crippen molar-refractivity contribution >= 4 is 17.7 Å². The van der Waals surface area contributed by atoms with Crippen molar-refractivity contribution in [2.45, 2.75) is 18.0 Å². The fourth-order valence-electron chi connectivity index (χ4n) is 2.86. The maximum Gasteiger partial charge on any atom is 0.230 e. The van der Waals surface area contributed by atoms with Crippen molar-refractivity contribution in [3.05, 3.63) is 54.1 Å². The molecule has 0 saturated carbocycles. The van der Waals surface area contributed by atoms with Crippen molar-refractivity contribution in [2.75, 3.05) is 32.4 Å². The van der Waals surface area contributed by atoms with E-state index in [1.807, 2.05) is 18.2 Å². The predicted molar refractivity (Wildman–Crippen MR) is 117 cm³/mol. The number of nitrogen functional groups attached to an aromatic ring is 1. The number of hydrogen-bond donors (Lipinski definition) is 2. The highest BCUT2D eigenvalue weighted by Crippen LogP contribution is 2.29. The molecule has 0 aliphatic rings. The average molecular weight is 428 g/mol. The number of nitrogens with two attached hydrogens (primary N) is 1. The number of hydrogen-bond acceptors (Lipinski definition) is 7. The highest BCUT2D eigenvalue weighted by Gasteiger charge is 2.16. The molecule has 0 saturated heterocycles. The molecule has 0 radical (unpaired) electrons. The fraction of sp³-hybridized carbons (Fsp3) is 0.286. The Labute approximate surface area is 179 Å². The van der Waals surface area contributed by atoms with Crippen molar-refractivity contribution < 1.29 is 14.3 Å². The topological polar surface area (TPSA) is 104 Å². The van der Waals surface area contributed by atoms with Gasteiger partial charge in [-0.3, -0.25) is 4.79 Å². The summed E-state index contributed by atoms with van der Waals surface area (Å²) in [6.07, 6.45) is 0. The minimum Gasteiger partial charge on any atom is -0.497 e. The van der Waals surface area contributed by atoms with Gasteiger partial charge in [-0.05, 0) is 23.6 Å². The van der Waals surface area contributed by atoms with Gasteiger partial charge < -0.3 is 20.6 Å². The summed E-state index contributed by atoms with van der Waals surface area (Å²) in [4.78, 5) is 12.2. The number of carbonyl (C=O) groups excluding carboxylic acids is 1. The van der Waals surface area contributed by atoms with Crippen LogP contribution in [-0.2, 0) is 4.79 Å². The van der Waals surface area contributed by atoms with E-state index in [9.17, 15) is 4.79 Å². The lowest BCUT2D eigenvalue weighted by molar-refractivity contribution is -0.118. The number of amides is 1. The highest BCUT2D eigenvalue weighted by molar-refractivity contribution is 7.99. The molecule has 0 fully saturated rings. The number of nitrogens with one attached hydrogen (secondary N) is 1. The summed E-state index contributed by atoms with van der Waals surface area (Å²) in [5, 5.41) is 11.7. The molecule has 0 aliphatic heterocycles. The molecule has 0 aliphatic carbocycles. The lowest BCUT2D eigenvalue weighted by Gasteiger charge is -2.12. The second-order valence-corrected chi connectivity index (χ2v) is 7.62. The van der Waals surface area contributed by atoms with Gasteiger partial charge in [0, 0.05) is 18.2 Å². The van der Waals surface area contributed by atoms with Crippen molar-refractivity contribution in [2.24, 2.45) is 0 Å². The molecule has 0 unspecified atom stereocenters. The van der Waals surface area contributed by atoms with Crippen molar-refractivity contribution in [3.63, 3.8) is 0 Å². The van der Waals surface area contributed by atoms with Gasteiger partial charge in [-0.1, -0.05) is 49.0 Å². The predicted octanol–water partition coefficient (Wildman–Crippen LogP) is 2.69. The van der Waals surface area contributed by atoms with Gasteiger partial charge in [0.2, 0.25) is 11.1 Å². The molecule has 9 heteroatoms. The highest BCUT2D eigenvalue weighted by atomic mass is 32.2. The van der Waals surface area contributed by atoms with Gasteiger partial charge >= 0.3 is 0 Å². The average Bonchev–Trinajstić information content (AvgIpc) is 3.16. The number of benzene rings is 2. The first-order valence-electron chi connectivity index (χ1n) is 9.40. The van der Waals surface area contributed by atoms with Crippen LogP contribution in [0.3, 0.4) is 0 Å². The molecule has 1 atom stereocenters. The Hall–Kier alpha value is -3.20. The number of thioether (sulfide) groups is 1. The van der Waals surface area contributed by atoms with E-state index < -0.39 is 0 Å². The van der Waals surface area contributed by atoms with Crippen LogP contribution in [0.15, 0.2) is 53.7 Å². The molecule has 0 bridgehead atoms. The minimum absolute atomic E-state index is 0.0876. The van der Waals surface area contributed by atoms with E-state index in [-0.39, 0.29) is 17.6 Å². The van der Waals surface area contributed by atoms with Gasteiger partial charge in [-0.15, -0.1) is 10.2 Å². The second kappa shape index (κ2) is 10.0. The van der Waals surface area contributed by atoms with Gasteiger partial charge in [0.05, 0.1) is 20.0 Å². The molecule has 1 amide bonds. The third kappa shape index (κ3) is 5.24. The zero-order chi connectivity index (χ0) is 21.5. The first kappa shape index (κ1) is 21.5. The van der Waals surface area contributed by atoms with E-state index in [4.69, 9.17) is 15.3 Å². The van der Waals surface area contributed by atoms with Crippen LogP contribution in [0.25, 0.3) is 11.4 Å². The Balaban J connectivity index is 1.59. The van der Waals surface area contributed by atoms with Gasteiger partial charge in [-0.2, -0.15) is 0 Å². The standard InChI is InChI=1S/C21H25N5O3S/c1-14(15-7-5-4-6-8-15)12-23-19(27)13-30-21-25-24-20(26(21)22)16-9-17(28-2)11-18(10-16)29-3/h4-11,14H,12-13,22H2,1-3H3,(H,23,27)/t14-/m0/s1. The summed E-state index contributed by atoms with van der Waals surface area (Å²) in [7, 11) is 3.15. The number of methoxy groups -OCH3 is 2. The van der Waals surface area contributed by atoms with Crippen LogP contribution < -0.4 is 20.6 Å². The van der Waals surface area contributed by atoms with Gasteiger partial charge in [0.25, 0.3) is 0 Å². The lowest BCUT2D eigenvalue weighted by Crippen LogP contribution is -2.29. The number of nitrogens with zero attached hydrogens (tertiary/aromatic N) is 3. The summed E-state index contributed by atoms with van der Waals surface area (Å²) in [5.41, 5.74) is 1.89. The maximum atomic E-state index is 12.2. The third-order valence-corrected chi connectivity index (χ3v) is 5.52. The van der Waals surface area contributed by atoms with E-state index in [0.29, 0.717) is 34.6 Å². The first-order valence-corrected chi connectivity index (χ1v) is 10.4. The molecule has 1 heterocycles. The van der Waals surface area contributed by atoms with Crippen LogP contribution in [0.1, 0.15) is 18.4 Å².